The molecule has 1 atom stereocenters. The first-order valence-electron chi connectivity index (χ1n) is 8.97. The molecule has 1 aliphatic heterocycles. The van der Waals surface area contributed by atoms with E-state index in [9.17, 15) is 4.79 Å². The van der Waals surface area contributed by atoms with E-state index in [0.717, 1.165) is 33.5 Å². The Labute approximate surface area is 172 Å². The monoisotopic (exact) mass is 413 g/mol. The van der Waals surface area contributed by atoms with Gasteiger partial charge in [-0.25, -0.2) is 0 Å². The lowest BCUT2D eigenvalue weighted by molar-refractivity contribution is -0.119. The molecule has 1 amide bonds. The molecular weight excluding hydrogens is 394 g/mol. The number of nitrogens with one attached hydrogen (secondary N) is 1. The van der Waals surface area contributed by atoms with Crippen molar-refractivity contribution in [3.63, 3.8) is 0 Å². The van der Waals surface area contributed by atoms with Gasteiger partial charge in [-0.05, 0) is 38.5 Å². The third-order valence-corrected chi connectivity index (χ3v) is 6.35. The molecular formula is C20H20ClN5OS. The smallest absolute Gasteiger partial charge is 0.216 e. The molecule has 1 N–H and O–H groups in total. The normalized spacial score (nSPS) is 15.5. The maximum Gasteiger partial charge on any atom is 0.216 e. The van der Waals surface area contributed by atoms with Gasteiger partial charge in [0.15, 0.2) is 5.82 Å². The van der Waals surface area contributed by atoms with Crippen LogP contribution in [0, 0.1) is 20.8 Å². The fourth-order valence-corrected chi connectivity index (χ4v) is 4.71. The first-order chi connectivity index (χ1) is 13.4. The molecule has 4 rings (SSSR count). The van der Waals surface area contributed by atoms with Gasteiger partial charge in [0.05, 0.1) is 5.71 Å². The van der Waals surface area contributed by atoms with Crippen LogP contribution in [0.15, 0.2) is 29.3 Å². The highest BCUT2D eigenvalue weighted by Gasteiger charge is 2.31. The number of halogens is 1. The molecule has 0 unspecified atom stereocenters. The van der Waals surface area contributed by atoms with Gasteiger partial charge in [0.25, 0.3) is 0 Å². The largest absolute Gasteiger partial charge is 0.354 e. The number of aliphatic imine (C=N–C) groups is 1. The lowest BCUT2D eigenvalue weighted by Crippen LogP contribution is -2.26. The molecule has 0 radical (unpaired) electrons. The quantitative estimate of drug-likeness (QED) is 0.706. The third kappa shape index (κ3) is 3.14. The van der Waals surface area contributed by atoms with Crippen molar-refractivity contribution in [2.45, 2.75) is 33.7 Å². The van der Waals surface area contributed by atoms with Crippen LogP contribution in [-0.2, 0) is 4.79 Å². The highest BCUT2D eigenvalue weighted by atomic mass is 35.5. The summed E-state index contributed by atoms with van der Waals surface area (Å²) in [5, 5.41) is 13.3. The van der Waals surface area contributed by atoms with Crippen molar-refractivity contribution in [3.05, 3.63) is 62.5 Å². The van der Waals surface area contributed by atoms with Crippen molar-refractivity contribution in [1.29, 1.82) is 0 Å². The lowest BCUT2D eigenvalue weighted by atomic mass is 10.00. The van der Waals surface area contributed by atoms with E-state index in [1.54, 1.807) is 11.3 Å². The van der Waals surface area contributed by atoms with E-state index in [-0.39, 0.29) is 11.9 Å². The number of aromatic nitrogens is 3. The predicted molar refractivity (Wildman–Crippen MR) is 112 cm³/mol. The molecule has 144 valence electrons. The van der Waals surface area contributed by atoms with Gasteiger partial charge in [-0.15, -0.1) is 21.5 Å². The molecule has 8 heteroatoms. The summed E-state index contributed by atoms with van der Waals surface area (Å²) in [6, 6.07) is 7.35. The van der Waals surface area contributed by atoms with E-state index in [1.165, 1.54) is 17.4 Å². The maximum absolute atomic E-state index is 11.5. The van der Waals surface area contributed by atoms with Crippen LogP contribution in [0.4, 0.5) is 0 Å². The Morgan fingerprint density at radius 3 is 2.61 bits per heavy atom. The van der Waals surface area contributed by atoms with Gasteiger partial charge in [-0.1, -0.05) is 23.7 Å². The summed E-state index contributed by atoms with van der Waals surface area (Å²) >= 11 is 7.81. The van der Waals surface area contributed by atoms with Crippen molar-refractivity contribution in [3.8, 4) is 5.00 Å². The zero-order chi connectivity index (χ0) is 20.0. The van der Waals surface area contributed by atoms with E-state index in [2.05, 4.69) is 33.9 Å². The van der Waals surface area contributed by atoms with Crippen LogP contribution in [0.1, 0.15) is 46.2 Å². The van der Waals surface area contributed by atoms with E-state index in [0.29, 0.717) is 11.6 Å². The minimum absolute atomic E-state index is 0.0999. The highest BCUT2D eigenvalue weighted by Crippen LogP contribution is 2.38. The Kier molecular flexibility index (Phi) is 4.81. The van der Waals surface area contributed by atoms with Crippen molar-refractivity contribution < 1.29 is 4.79 Å². The second-order valence-corrected chi connectivity index (χ2v) is 8.48. The SMILES string of the molecule is CC(=O)NC[C@@H]1N=C(c2ccc(Cl)cc2)c2c(sc(C)c2C)-n2c(C)nnc21. The Morgan fingerprint density at radius 2 is 1.93 bits per heavy atom. The first kappa shape index (κ1) is 18.8. The number of hydrogen-bond acceptors (Lipinski definition) is 5. The number of nitrogens with zero attached hydrogens (tertiary/aromatic N) is 4. The molecule has 6 nitrogen and oxygen atoms in total. The van der Waals surface area contributed by atoms with Gasteiger partial charge < -0.3 is 5.32 Å². The third-order valence-electron chi connectivity index (χ3n) is 4.90. The molecule has 2 aromatic heterocycles. The number of aryl methyl sites for hydroxylation is 2. The summed E-state index contributed by atoms with van der Waals surface area (Å²) in [7, 11) is 0. The molecule has 0 saturated heterocycles. The predicted octanol–water partition coefficient (Wildman–Crippen LogP) is 3.94. The van der Waals surface area contributed by atoms with Gasteiger partial charge in [-0.3, -0.25) is 14.4 Å². The minimum atomic E-state index is -0.338. The Balaban J connectivity index is 1.98. The van der Waals surface area contributed by atoms with Crippen LogP contribution in [0.3, 0.4) is 0 Å². The van der Waals surface area contributed by atoms with E-state index >= 15 is 0 Å². The summed E-state index contributed by atoms with van der Waals surface area (Å²) in [5.74, 6) is 1.44. The zero-order valence-corrected chi connectivity index (χ0v) is 17.6. The molecule has 28 heavy (non-hydrogen) atoms. The number of carbonyl (C=O) groups excluding carboxylic acids is 1. The standard InChI is InChI=1S/C20H20ClN5OS/c1-10-11(2)28-20-17(10)18(14-5-7-15(21)8-6-14)23-16(9-22-13(4)27)19-25-24-12(3)26(19)20/h5-8,16H,9H2,1-4H3,(H,22,27)/t16-/m0/s1. The number of hydrogen-bond donors (Lipinski definition) is 1. The second kappa shape index (κ2) is 7.14. The summed E-state index contributed by atoms with van der Waals surface area (Å²) in [6.07, 6.45) is 0. The fraction of sp³-hybridized carbons (Fsp3) is 0.300. The number of carbonyl (C=O) groups is 1. The van der Waals surface area contributed by atoms with Gasteiger partial charge in [0.2, 0.25) is 5.91 Å². The maximum atomic E-state index is 11.5. The Morgan fingerprint density at radius 1 is 1.21 bits per heavy atom. The van der Waals surface area contributed by atoms with Crippen molar-refractivity contribution in [2.24, 2.45) is 4.99 Å². The molecule has 1 aromatic carbocycles. The first-order valence-corrected chi connectivity index (χ1v) is 10.2. The van der Waals surface area contributed by atoms with E-state index < -0.39 is 0 Å². The van der Waals surface area contributed by atoms with Gasteiger partial charge >= 0.3 is 0 Å². The summed E-state index contributed by atoms with van der Waals surface area (Å²) < 4.78 is 2.07. The molecule has 0 saturated carbocycles. The van der Waals surface area contributed by atoms with Gasteiger partial charge in [0.1, 0.15) is 16.9 Å². The van der Waals surface area contributed by atoms with E-state index in [4.69, 9.17) is 16.6 Å². The average molecular weight is 414 g/mol. The Hall–Kier alpha value is -2.51. The van der Waals surface area contributed by atoms with Crippen molar-refractivity contribution >= 4 is 34.6 Å². The van der Waals surface area contributed by atoms with Crippen LogP contribution in [0.2, 0.25) is 5.02 Å². The van der Waals surface area contributed by atoms with Crippen molar-refractivity contribution in [1.82, 2.24) is 20.1 Å². The number of rotatable bonds is 3. The van der Waals surface area contributed by atoms with Gasteiger partial charge in [-0.2, -0.15) is 0 Å². The number of thiophene rings is 1. The molecule has 1 aliphatic rings. The molecule has 3 aromatic rings. The molecule has 0 fully saturated rings. The summed E-state index contributed by atoms with van der Waals surface area (Å²) in [6.45, 7) is 8.03. The topological polar surface area (TPSA) is 72.2 Å². The fourth-order valence-electron chi connectivity index (χ4n) is 3.37. The van der Waals surface area contributed by atoms with Crippen LogP contribution in [-0.4, -0.2) is 32.9 Å². The van der Waals surface area contributed by atoms with Gasteiger partial charge in [0, 0.05) is 34.5 Å². The zero-order valence-electron chi connectivity index (χ0n) is 16.1. The second-order valence-electron chi connectivity index (χ2n) is 6.84. The molecule has 0 aliphatic carbocycles. The summed E-state index contributed by atoms with van der Waals surface area (Å²) in [4.78, 5) is 17.8. The Bertz CT molecular complexity index is 1100. The van der Waals surface area contributed by atoms with Crippen LogP contribution >= 0.6 is 22.9 Å². The van der Waals surface area contributed by atoms with Crippen molar-refractivity contribution in [2.75, 3.05) is 6.54 Å². The number of amides is 1. The molecule has 0 spiro atoms. The van der Waals surface area contributed by atoms with Crippen LogP contribution in [0.5, 0.6) is 0 Å². The number of fused-ring (bicyclic) bond motifs is 3. The number of benzene rings is 1. The van der Waals surface area contributed by atoms with Crippen LogP contribution in [0.25, 0.3) is 5.00 Å². The minimum Gasteiger partial charge on any atom is -0.354 e. The molecule has 3 heterocycles. The van der Waals surface area contributed by atoms with Crippen LogP contribution < -0.4 is 5.32 Å². The average Bonchev–Trinajstić information content (AvgIpc) is 3.12. The lowest BCUT2D eigenvalue weighted by Gasteiger charge is -2.13. The summed E-state index contributed by atoms with van der Waals surface area (Å²) in [5.41, 5.74) is 4.14. The molecule has 0 bridgehead atoms. The highest BCUT2D eigenvalue weighted by molar-refractivity contribution is 7.15. The van der Waals surface area contributed by atoms with E-state index in [1.807, 2.05) is 31.2 Å².